The second kappa shape index (κ2) is 5.72. The summed E-state index contributed by atoms with van der Waals surface area (Å²) in [5, 5.41) is 10.4. The van der Waals surface area contributed by atoms with Crippen LogP contribution in [0.15, 0.2) is 48.5 Å². The van der Waals surface area contributed by atoms with E-state index in [1.807, 2.05) is 31.2 Å². The highest BCUT2D eigenvalue weighted by molar-refractivity contribution is 6.31. The molecular formula is C16H16ClFO. The van der Waals surface area contributed by atoms with Crippen molar-refractivity contribution in [2.24, 2.45) is 0 Å². The summed E-state index contributed by atoms with van der Waals surface area (Å²) in [7, 11) is 0. The molecule has 1 nitrogen and oxygen atoms in total. The summed E-state index contributed by atoms with van der Waals surface area (Å²) < 4.78 is 13.0. The molecule has 0 bridgehead atoms. The molecule has 0 aliphatic rings. The lowest BCUT2D eigenvalue weighted by Crippen LogP contribution is -2.29. The van der Waals surface area contributed by atoms with Crippen molar-refractivity contribution in [3.8, 4) is 0 Å². The predicted octanol–water partition coefficient (Wildman–Crippen LogP) is 3.97. The highest BCUT2D eigenvalue weighted by atomic mass is 35.5. The van der Waals surface area contributed by atoms with Crippen LogP contribution in [0.2, 0.25) is 5.02 Å². The molecule has 19 heavy (non-hydrogen) atoms. The molecule has 0 aliphatic heterocycles. The fraction of sp³-hybridized carbons (Fsp3) is 0.250. The number of aliphatic hydroxyl groups excluding tert-OH is 1. The minimum Gasteiger partial charge on any atom is -0.395 e. The average Bonchev–Trinajstić information content (AvgIpc) is 2.42. The van der Waals surface area contributed by atoms with Crippen molar-refractivity contribution in [2.75, 3.05) is 6.61 Å². The lowest BCUT2D eigenvalue weighted by molar-refractivity contribution is 0.204. The Labute approximate surface area is 117 Å². The van der Waals surface area contributed by atoms with Crippen LogP contribution in [0, 0.1) is 5.82 Å². The van der Waals surface area contributed by atoms with Crippen LogP contribution in [-0.4, -0.2) is 11.7 Å². The molecule has 0 heterocycles. The van der Waals surface area contributed by atoms with E-state index in [0.717, 1.165) is 11.1 Å². The SMILES string of the molecule is CC(CO)(Cc1ccccc1Cl)c1ccc(F)cc1. The zero-order chi connectivity index (χ0) is 13.9. The van der Waals surface area contributed by atoms with E-state index < -0.39 is 5.41 Å². The molecule has 0 saturated carbocycles. The molecule has 1 N–H and O–H groups in total. The molecule has 2 aromatic carbocycles. The number of halogens is 2. The maximum Gasteiger partial charge on any atom is 0.123 e. The van der Waals surface area contributed by atoms with Crippen LogP contribution in [0.1, 0.15) is 18.1 Å². The average molecular weight is 279 g/mol. The molecule has 0 radical (unpaired) electrons. The summed E-state index contributed by atoms with van der Waals surface area (Å²) >= 11 is 6.16. The Bertz CT molecular complexity index is 553. The van der Waals surface area contributed by atoms with Crippen molar-refractivity contribution in [3.63, 3.8) is 0 Å². The lowest BCUT2D eigenvalue weighted by Gasteiger charge is -2.28. The van der Waals surface area contributed by atoms with Gasteiger partial charge in [0.2, 0.25) is 0 Å². The van der Waals surface area contributed by atoms with E-state index in [-0.39, 0.29) is 12.4 Å². The number of rotatable bonds is 4. The zero-order valence-electron chi connectivity index (χ0n) is 10.7. The first-order valence-corrected chi connectivity index (χ1v) is 6.53. The van der Waals surface area contributed by atoms with Gasteiger partial charge in [0.05, 0.1) is 6.61 Å². The molecule has 0 spiro atoms. The van der Waals surface area contributed by atoms with Gasteiger partial charge in [-0.15, -0.1) is 0 Å². The first-order valence-electron chi connectivity index (χ1n) is 6.15. The van der Waals surface area contributed by atoms with E-state index in [9.17, 15) is 9.50 Å². The van der Waals surface area contributed by atoms with Crippen LogP contribution in [0.3, 0.4) is 0 Å². The third-order valence-electron chi connectivity index (χ3n) is 3.43. The summed E-state index contributed by atoms with van der Waals surface area (Å²) in [5.74, 6) is -0.276. The van der Waals surface area contributed by atoms with Gasteiger partial charge in [-0.3, -0.25) is 0 Å². The largest absolute Gasteiger partial charge is 0.395 e. The van der Waals surface area contributed by atoms with E-state index in [1.165, 1.54) is 12.1 Å². The van der Waals surface area contributed by atoms with Crippen molar-refractivity contribution in [3.05, 3.63) is 70.5 Å². The smallest absolute Gasteiger partial charge is 0.123 e. The van der Waals surface area contributed by atoms with E-state index in [4.69, 9.17) is 11.6 Å². The second-order valence-corrected chi connectivity index (χ2v) is 5.40. The molecule has 1 unspecified atom stereocenters. The fourth-order valence-electron chi connectivity index (χ4n) is 2.16. The van der Waals surface area contributed by atoms with E-state index in [0.29, 0.717) is 11.4 Å². The molecular weight excluding hydrogens is 263 g/mol. The third kappa shape index (κ3) is 3.14. The summed E-state index contributed by atoms with van der Waals surface area (Å²) in [6.45, 7) is 1.92. The molecule has 0 aromatic heterocycles. The molecule has 2 rings (SSSR count). The number of aliphatic hydroxyl groups is 1. The van der Waals surface area contributed by atoms with E-state index >= 15 is 0 Å². The van der Waals surface area contributed by atoms with Gasteiger partial charge in [0.15, 0.2) is 0 Å². The Morgan fingerprint density at radius 2 is 1.74 bits per heavy atom. The van der Waals surface area contributed by atoms with E-state index in [2.05, 4.69) is 0 Å². The van der Waals surface area contributed by atoms with Gasteiger partial charge in [-0.2, -0.15) is 0 Å². The standard InChI is InChI=1S/C16H16ClFO/c1-16(11-19,13-6-8-14(18)9-7-13)10-12-4-2-3-5-15(12)17/h2-9,19H,10-11H2,1H3. The first-order chi connectivity index (χ1) is 9.05. The van der Waals surface area contributed by atoms with Crippen LogP contribution >= 0.6 is 11.6 Å². The molecule has 1 atom stereocenters. The minimum absolute atomic E-state index is 0.0240. The highest BCUT2D eigenvalue weighted by Gasteiger charge is 2.27. The maximum absolute atomic E-state index is 13.0. The quantitative estimate of drug-likeness (QED) is 0.897. The van der Waals surface area contributed by atoms with Crippen molar-refractivity contribution in [1.82, 2.24) is 0 Å². The van der Waals surface area contributed by atoms with Gasteiger partial charge < -0.3 is 5.11 Å². The summed E-state index contributed by atoms with van der Waals surface area (Å²) in [4.78, 5) is 0. The Balaban J connectivity index is 2.33. The number of hydrogen-bond donors (Lipinski definition) is 1. The molecule has 100 valence electrons. The third-order valence-corrected chi connectivity index (χ3v) is 3.80. The number of hydrogen-bond acceptors (Lipinski definition) is 1. The fourth-order valence-corrected chi connectivity index (χ4v) is 2.37. The van der Waals surface area contributed by atoms with Gasteiger partial charge in [0.1, 0.15) is 5.82 Å². The Kier molecular flexibility index (Phi) is 4.23. The Hall–Kier alpha value is -1.38. The topological polar surface area (TPSA) is 20.2 Å². The van der Waals surface area contributed by atoms with Gasteiger partial charge in [-0.25, -0.2) is 4.39 Å². The van der Waals surface area contributed by atoms with Crippen LogP contribution in [-0.2, 0) is 11.8 Å². The van der Waals surface area contributed by atoms with Gasteiger partial charge in [-0.1, -0.05) is 48.9 Å². The van der Waals surface area contributed by atoms with E-state index in [1.54, 1.807) is 12.1 Å². The van der Waals surface area contributed by atoms with Crippen LogP contribution in [0.25, 0.3) is 0 Å². The van der Waals surface area contributed by atoms with Crippen LogP contribution in [0.5, 0.6) is 0 Å². The summed E-state index contributed by atoms with van der Waals surface area (Å²) in [6.07, 6.45) is 0.606. The van der Waals surface area contributed by atoms with Gasteiger partial charge in [0, 0.05) is 10.4 Å². The molecule has 2 aromatic rings. The highest BCUT2D eigenvalue weighted by Crippen LogP contribution is 2.30. The van der Waals surface area contributed by atoms with Crippen LogP contribution in [0.4, 0.5) is 4.39 Å². The van der Waals surface area contributed by atoms with Crippen molar-refractivity contribution in [1.29, 1.82) is 0 Å². The van der Waals surface area contributed by atoms with Gasteiger partial charge in [0.25, 0.3) is 0 Å². The predicted molar refractivity (Wildman–Crippen MR) is 76.0 cm³/mol. The summed E-state index contributed by atoms with van der Waals surface area (Å²) in [6, 6.07) is 13.8. The monoisotopic (exact) mass is 278 g/mol. The lowest BCUT2D eigenvalue weighted by atomic mass is 9.78. The Morgan fingerprint density at radius 1 is 1.11 bits per heavy atom. The zero-order valence-corrected chi connectivity index (χ0v) is 11.5. The van der Waals surface area contributed by atoms with Crippen LogP contribution < -0.4 is 0 Å². The van der Waals surface area contributed by atoms with Gasteiger partial charge in [-0.05, 0) is 35.7 Å². The van der Waals surface area contributed by atoms with Crippen molar-refractivity contribution < 1.29 is 9.50 Å². The molecule has 0 saturated heterocycles. The minimum atomic E-state index is -0.474. The number of benzene rings is 2. The molecule has 0 aliphatic carbocycles. The van der Waals surface area contributed by atoms with Crippen molar-refractivity contribution in [2.45, 2.75) is 18.8 Å². The second-order valence-electron chi connectivity index (χ2n) is 4.99. The van der Waals surface area contributed by atoms with Gasteiger partial charge >= 0.3 is 0 Å². The maximum atomic E-state index is 13.0. The summed E-state index contributed by atoms with van der Waals surface area (Å²) in [5.41, 5.74) is 1.40. The molecule has 0 fully saturated rings. The Morgan fingerprint density at radius 3 is 2.32 bits per heavy atom. The van der Waals surface area contributed by atoms with Crippen molar-refractivity contribution >= 4 is 11.6 Å². The molecule has 3 heteroatoms. The molecule has 0 amide bonds. The normalized spacial score (nSPS) is 14.1. The first kappa shape index (κ1) is 14.0.